The standard InChI is InChI=1S/C13H16F2N4O2/c1-13(2,6-14)11(20)12(19-8-16-7-17-19)21-10-5-3-4-9(15)18-10/h3-5,7-8,11-12,20H,6H2,1-2H3. The lowest BCUT2D eigenvalue weighted by Gasteiger charge is -2.33. The Morgan fingerprint density at radius 3 is 2.76 bits per heavy atom. The van der Waals surface area contributed by atoms with Gasteiger partial charge >= 0.3 is 0 Å². The van der Waals surface area contributed by atoms with E-state index in [-0.39, 0.29) is 5.88 Å². The van der Waals surface area contributed by atoms with Gasteiger partial charge in [-0.2, -0.15) is 14.5 Å². The zero-order valence-corrected chi connectivity index (χ0v) is 11.6. The first kappa shape index (κ1) is 15.3. The first-order chi connectivity index (χ1) is 9.94. The summed E-state index contributed by atoms with van der Waals surface area (Å²) < 4.78 is 32.9. The summed E-state index contributed by atoms with van der Waals surface area (Å²) in [4.78, 5) is 7.32. The molecule has 0 spiro atoms. The van der Waals surface area contributed by atoms with Crippen molar-refractivity contribution in [2.24, 2.45) is 5.41 Å². The van der Waals surface area contributed by atoms with Crippen LogP contribution < -0.4 is 4.74 Å². The topological polar surface area (TPSA) is 73.1 Å². The molecule has 1 N–H and O–H groups in total. The average Bonchev–Trinajstić information content (AvgIpc) is 2.98. The fraction of sp³-hybridized carbons (Fsp3) is 0.462. The van der Waals surface area contributed by atoms with Crippen molar-refractivity contribution in [1.82, 2.24) is 19.7 Å². The summed E-state index contributed by atoms with van der Waals surface area (Å²) in [6.07, 6.45) is 0.258. The van der Waals surface area contributed by atoms with E-state index in [1.165, 1.54) is 35.5 Å². The van der Waals surface area contributed by atoms with Gasteiger partial charge in [0.05, 0.1) is 6.67 Å². The summed E-state index contributed by atoms with van der Waals surface area (Å²) >= 11 is 0. The Morgan fingerprint density at radius 1 is 1.43 bits per heavy atom. The Labute approximate surface area is 120 Å². The van der Waals surface area contributed by atoms with E-state index < -0.39 is 30.4 Å². The van der Waals surface area contributed by atoms with Crippen LogP contribution >= 0.6 is 0 Å². The molecule has 0 saturated carbocycles. The Kier molecular flexibility index (Phi) is 4.46. The predicted octanol–water partition coefficient (Wildman–Crippen LogP) is 1.75. The fourth-order valence-corrected chi connectivity index (χ4v) is 1.66. The summed E-state index contributed by atoms with van der Waals surface area (Å²) in [5.41, 5.74) is -1.08. The van der Waals surface area contributed by atoms with Crippen LogP contribution in [0.3, 0.4) is 0 Å². The molecule has 0 aliphatic carbocycles. The molecule has 0 saturated heterocycles. The van der Waals surface area contributed by atoms with Crippen LogP contribution in [0.25, 0.3) is 0 Å². The molecule has 0 aliphatic rings. The van der Waals surface area contributed by atoms with Crippen LogP contribution in [0.2, 0.25) is 0 Å². The molecule has 0 aromatic carbocycles. The van der Waals surface area contributed by atoms with Crippen molar-refractivity contribution in [2.75, 3.05) is 6.67 Å². The van der Waals surface area contributed by atoms with Crippen LogP contribution in [0.4, 0.5) is 8.78 Å². The Morgan fingerprint density at radius 2 is 2.19 bits per heavy atom. The monoisotopic (exact) mass is 298 g/mol. The van der Waals surface area contributed by atoms with Gasteiger partial charge in [-0.1, -0.05) is 19.9 Å². The average molecular weight is 298 g/mol. The second kappa shape index (κ2) is 6.13. The highest BCUT2D eigenvalue weighted by molar-refractivity contribution is 5.11. The number of hydrogen-bond acceptors (Lipinski definition) is 5. The van der Waals surface area contributed by atoms with Crippen molar-refractivity contribution in [2.45, 2.75) is 26.2 Å². The van der Waals surface area contributed by atoms with Gasteiger partial charge in [0.25, 0.3) is 0 Å². The Bertz CT molecular complexity index is 577. The fourth-order valence-electron chi connectivity index (χ4n) is 1.66. The lowest BCUT2D eigenvalue weighted by molar-refractivity contribution is -0.0875. The smallest absolute Gasteiger partial charge is 0.221 e. The van der Waals surface area contributed by atoms with E-state index in [9.17, 15) is 13.9 Å². The van der Waals surface area contributed by atoms with Gasteiger partial charge in [0.2, 0.25) is 18.1 Å². The van der Waals surface area contributed by atoms with Crippen LogP contribution in [0.5, 0.6) is 5.88 Å². The highest BCUT2D eigenvalue weighted by Crippen LogP contribution is 2.30. The molecule has 0 bridgehead atoms. The highest BCUT2D eigenvalue weighted by Gasteiger charge is 2.37. The molecule has 0 aliphatic heterocycles. The normalized spacial score (nSPS) is 14.7. The van der Waals surface area contributed by atoms with E-state index in [0.29, 0.717) is 0 Å². The molecule has 2 aromatic heterocycles. The van der Waals surface area contributed by atoms with Crippen molar-refractivity contribution in [3.63, 3.8) is 0 Å². The van der Waals surface area contributed by atoms with Crippen LogP contribution in [0, 0.1) is 11.4 Å². The summed E-state index contributed by atoms with van der Waals surface area (Å²) in [5.74, 6) is -0.756. The van der Waals surface area contributed by atoms with Crippen LogP contribution in [-0.4, -0.2) is 37.6 Å². The van der Waals surface area contributed by atoms with Crippen molar-refractivity contribution in [1.29, 1.82) is 0 Å². The van der Waals surface area contributed by atoms with E-state index in [2.05, 4.69) is 15.1 Å². The maximum atomic E-state index is 13.1. The minimum Gasteiger partial charge on any atom is -0.449 e. The number of aromatic nitrogens is 4. The van der Waals surface area contributed by atoms with Gasteiger partial charge in [0.1, 0.15) is 18.8 Å². The molecular formula is C13H16F2N4O2. The van der Waals surface area contributed by atoms with Crippen LogP contribution in [0.1, 0.15) is 20.1 Å². The van der Waals surface area contributed by atoms with Gasteiger partial charge in [-0.3, -0.25) is 4.39 Å². The van der Waals surface area contributed by atoms with Crippen molar-refractivity contribution < 1.29 is 18.6 Å². The minimum atomic E-state index is -1.24. The predicted molar refractivity (Wildman–Crippen MR) is 69.6 cm³/mol. The molecule has 6 nitrogen and oxygen atoms in total. The molecule has 2 heterocycles. The first-order valence-corrected chi connectivity index (χ1v) is 6.31. The molecule has 21 heavy (non-hydrogen) atoms. The van der Waals surface area contributed by atoms with Gasteiger partial charge in [-0.15, -0.1) is 0 Å². The molecular weight excluding hydrogens is 282 g/mol. The summed E-state index contributed by atoms with van der Waals surface area (Å²) in [6, 6.07) is 4.02. The van der Waals surface area contributed by atoms with Crippen molar-refractivity contribution in [3.8, 4) is 5.88 Å². The third-order valence-corrected chi connectivity index (χ3v) is 3.04. The van der Waals surface area contributed by atoms with Gasteiger partial charge in [0, 0.05) is 11.5 Å². The molecule has 2 atom stereocenters. The van der Waals surface area contributed by atoms with Crippen molar-refractivity contribution in [3.05, 3.63) is 36.8 Å². The maximum Gasteiger partial charge on any atom is 0.221 e. The highest BCUT2D eigenvalue weighted by atomic mass is 19.1. The molecule has 2 aromatic rings. The SMILES string of the molecule is CC(C)(CF)C(O)C(Oc1cccc(F)n1)n1cncn1. The zero-order chi connectivity index (χ0) is 15.5. The van der Waals surface area contributed by atoms with Crippen molar-refractivity contribution >= 4 is 0 Å². The molecule has 2 unspecified atom stereocenters. The number of rotatable bonds is 6. The lowest BCUT2D eigenvalue weighted by Crippen LogP contribution is -2.41. The number of aliphatic hydroxyl groups is 1. The third kappa shape index (κ3) is 3.52. The van der Waals surface area contributed by atoms with Gasteiger partial charge < -0.3 is 9.84 Å². The van der Waals surface area contributed by atoms with Crippen LogP contribution in [-0.2, 0) is 0 Å². The quantitative estimate of drug-likeness (QED) is 0.822. The summed E-state index contributed by atoms with van der Waals surface area (Å²) in [7, 11) is 0. The minimum absolute atomic E-state index is 0.0378. The number of halogens is 2. The number of pyridine rings is 1. The van der Waals surface area contributed by atoms with Gasteiger partial charge in [-0.05, 0) is 6.07 Å². The van der Waals surface area contributed by atoms with Gasteiger partial charge in [0.15, 0.2) is 0 Å². The molecule has 0 fully saturated rings. The lowest BCUT2D eigenvalue weighted by atomic mass is 9.87. The number of hydrogen-bond donors (Lipinski definition) is 1. The number of alkyl halides is 1. The van der Waals surface area contributed by atoms with E-state index in [0.717, 1.165) is 0 Å². The largest absolute Gasteiger partial charge is 0.449 e. The Balaban J connectivity index is 2.29. The second-order valence-corrected chi connectivity index (χ2v) is 5.25. The maximum absolute atomic E-state index is 13.1. The molecule has 8 heteroatoms. The van der Waals surface area contributed by atoms with Gasteiger partial charge in [-0.25, -0.2) is 9.67 Å². The van der Waals surface area contributed by atoms with Crippen LogP contribution in [0.15, 0.2) is 30.9 Å². The van der Waals surface area contributed by atoms with E-state index in [1.54, 1.807) is 13.8 Å². The molecule has 114 valence electrons. The summed E-state index contributed by atoms with van der Waals surface area (Å²) in [5, 5.41) is 14.2. The van der Waals surface area contributed by atoms with E-state index >= 15 is 0 Å². The van der Waals surface area contributed by atoms with E-state index in [1.807, 2.05) is 0 Å². The third-order valence-electron chi connectivity index (χ3n) is 3.04. The Hall–Kier alpha value is -2.09. The molecule has 2 rings (SSSR count). The molecule has 0 amide bonds. The zero-order valence-electron chi connectivity index (χ0n) is 11.6. The number of ether oxygens (including phenoxy) is 1. The molecule has 0 radical (unpaired) electrons. The van der Waals surface area contributed by atoms with E-state index in [4.69, 9.17) is 4.74 Å². The number of nitrogens with zero attached hydrogens (tertiary/aromatic N) is 4. The second-order valence-electron chi connectivity index (χ2n) is 5.25. The summed E-state index contributed by atoms with van der Waals surface area (Å²) in [6.45, 7) is 2.33. The number of aliphatic hydroxyl groups excluding tert-OH is 1. The first-order valence-electron chi connectivity index (χ1n) is 6.31.